The van der Waals surface area contributed by atoms with Crippen molar-refractivity contribution in [3.05, 3.63) is 65.5 Å². The molecule has 2 aromatic carbocycles. The Morgan fingerprint density at radius 3 is 2.44 bits per heavy atom. The molecule has 0 unspecified atom stereocenters. The number of carbonyl (C=O) groups is 2. The highest BCUT2D eigenvalue weighted by atomic mass is 19.1. The van der Waals surface area contributed by atoms with Gasteiger partial charge in [0, 0.05) is 6.04 Å². The fourth-order valence-electron chi connectivity index (χ4n) is 2.08. The molecule has 0 aromatic heterocycles. The predicted octanol–water partition coefficient (Wildman–Crippen LogP) is 3.09. The molecule has 132 valence electrons. The molecule has 0 aliphatic rings. The van der Waals surface area contributed by atoms with E-state index in [1.165, 1.54) is 12.1 Å². The summed E-state index contributed by atoms with van der Waals surface area (Å²) in [5.41, 5.74) is 0.989. The lowest BCUT2D eigenvalue weighted by Crippen LogP contribution is -2.34. The smallest absolute Gasteiger partial charge is 0.342 e. The molecule has 0 atom stereocenters. The topological polar surface area (TPSA) is 64.6 Å². The molecule has 5 nitrogen and oxygen atoms in total. The van der Waals surface area contributed by atoms with E-state index in [0.717, 1.165) is 5.56 Å². The number of para-hydroxylation sites is 1. The van der Waals surface area contributed by atoms with E-state index < -0.39 is 5.97 Å². The molecule has 0 saturated carbocycles. The van der Waals surface area contributed by atoms with Gasteiger partial charge in [-0.1, -0.05) is 24.3 Å². The van der Waals surface area contributed by atoms with Crippen LogP contribution in [0.25, 0.3) is 0 Å². The van der Waals surface area contributed by atoms with E-state index >= 15 is 0 Å². The molecular weight excluding hydrogens is 325 g/mol. The van der Waals surface area contributed by atoms with Gasteiger partial charge < -0.3 is 14.8 Å². The Morgan fingerprint density at radius 1 is 1.08 bits per heavy atom. The Kier molecular flexibility index (Phi) is 6.51. The molecule has 25 heavy (non-hydrogen) atoms. The molecule has 0 aliphatic heterocycles. The van der Waals surface area contributed by atoms with E-state index in [4.69, 9.17) is 9.47 Å². The van der Waals surface area contributed by atoms with Crippen molar-refractivity contribution in [1.82, 2.24) is 5.32 Å². The maximum atomic E-state index is 12.9. The van der Waals surface area contributed by atoms with E-state index in [9.17, 15) is 14.0 Å². The normalized spacial score (nSPS) is 10.4. The standard InChI is InChI=1S/C19H20FNO4/c1-13(2)21-18(22)12-25-19(23)16-5-3-4-6-17(16)24-11-14-7-9-15(20)10-8-14/h3-10,13H,11-12H2,1-2H3,(H,21,22). The van der Waals surface area contributed by atoms with E-state index in [0.29, 0.717) is 5.75 Å². The van der Waals surface area contributed by atoms with Gasteiger partial charge in [-0.05, 0) is 43.7 Å². The SMILES string of the molecule is CC(C)NC(=O)COC(=O)c1ccccc1OCc1ccc(F)cc1. The zero-order valence-electron chi connectivity index (χ0n) is 14.1. The summed E-state index contributed by atoms with van der Waals surface area (Å²) in [6.07, 6.45) is 0. The number of nitrogens with one attached hydrogen (secondary N) is 1. The van der Waals surface area contributed by atoms with Gasteiger partial charge in [-0.25, -0.2) is 9.18 Å². The molecule has 1 amide bonds. The lowest BCUT2D eigenvalue weighted by atomic mass is 10.2. The van der Waals surface area contributed by atoms with Crippen LogP contribution in [0.15, 0.2) is 48.5 Å². The highest BCUT2D eigenvalue weighted by Gasteiger charge is 2.15. The Hall–Kier alpha value is -2.89. The van der Waals surface area contributed by atoms with Crippen LogP contribution < -0.4 is 10.1 Å². The largest absolute Gasteiger partial charge is 0.488 e. The van der Waals surface area contributed by atoms with Crippen LogP contribution in [0.5, 0.6) is 5.75 Å². The van der Waals surface area contributed by atoms with Crippen molar-refractivity contribution in [3.63, 3.8) is 0 Å². The maximum absolute atomic E-state index is 12.9. The molecule has 0 spiro atoms. The van der Waals surface area contributed by atoms with Crippen molar-refractivity contribution in [2.24, 2.45) is 0 Å². The van der Waals surface area contributed by atoms with Gasteiger partial charge in [0.15, 0.2) is 6.61 Å². The monoisotopic (exact) mass is 345 g/mol. The van der Waals surface area contributed by atoms with E-state index in [-0.39, 0.29) is 36.5 Å². The molecule has 0 radical (unpaired) electrons. The zero-order valence-corrected chi connectivity index (χ0v) is 14.1. The lowest BCUT2D eigenvalue weighted by Gasteiger charge is -2.12. The van der Waals surface area contributed by atoms with Gasteiger partial charge in [-0.3, -0.25) is 4.79 Å². The van der Waals surface area contributed by atoms with Gasteiger partial charge in [0.2, 0.25) is 0 Å². The maximum Gasteiger partial charge on any atom is 0.342 e. The van der Waals surface area contributed by atoms with Crippen LogP contribution in [-0.2, 0) is 16.1 Å². The van der Waals surface area contributed by atoms with Crippen molar-refractivity contribution < 1.29 is 23.5 Å². The third-order valence-electron chi connectivity index (χ3n) is 3.20. The van der Waals surface area contributed by atoms with Gasteiger partial charge in [0.1, 0.15) is 23.7 Å². The first-order valence-corrected chi connectivity index (χ1v) is 7.88. The molecule has 0 aliphatic carbocycles. The van der Waals surface area contributed by atoms with Crippen LogP contribution in [0, 0.1) is 5.82 Å². The second-order valence-corrected chi connectivity index (χ2v) is 5.71. The first kappa shape index (κ1) is 18.4. The average Bonchev–Trinajstić information content (AvgIpc) is 2.59. The minimum absolute atomic E-state index is 0.0301. The van der Waals surface area contributed by atoms with Crippen LogP contribution in [0.2, 0.25) is 0 Å². The van der Waals surface area contributed by atoms with E-state index in [1.54, 1.807) is 36.4 Å². The molecule has 0 fully saturated rings. The van der Waals surface area contributed by atoms with E-state index in [2.05, 4.69) is 5.32 Å². The van der Waals surface area contributed by atoms with Crippen molar-refractivity contribution >= 4 is 11.9 Å². The second-order valence-electron chi connectivity index (χ2n) is 5.71. The summed E-state index contributed by atoms with van der Waals surface area (Å²) in [4.78, 5) is 23.7. The molecular formula is C19H20FNO4. The number of rotatable bonds is 7. The first-order valence-electron chi connectivity index (χ1n) is 7.88. The third kappa shape index (κ3) is 5.91. The Labute approximate surface area is 145 Å². The van der Waals surface area contributed by atoms with Crippen molar-refractivity contribution in [2.75, 3.05) is 6.61 Å². The molecule has 6 heteroatoms. The molecule has 2 rings (SSSR count). The number of ether oxygens (including phenoxy) is 2. The molecule has 0 saturated heterocycles. The van der Waals surface area contributed by atoms with Gasteiger partial charge >= 0.3 is 5.97 Å². The second kappa shape index (κ2) is 8.82. The highest BCUT2D eigenvalue weighted by Crippen LogP contribution is 2.20. The number of benzene rings is 2. The van der Waals surface area contributed by atoms with Crippen LogP contribution in [0.3, 0.4) is 0 Å². The predicted molar refractivity (Wildman–Crippen MR) is 90.7 cm³/mol. The quantitative estimate of drug-likeness (QED) is 0.783. The summed E-state index contributed by atoms with van der Waals surface area (Å²) < 4.78 is 23.6. The van der Waals surface area contributed by atoms with Crippen molar-refractivity contribution in [3.8, 4) is 5.75 Å². The molecule has 1 N–H and O–H groups in total. The minimum atomic E-state index is -0.645. The lowest BCUT2D eigenvalue weighted by molar-refractivity contribution is -0.124. The average molecular weight is 345 g/mol. The summed E-state index contributed by atoms with van der Waals surface area (Å²) in [7, 11) is 0. The Balaban J connectivity index is 1.98. The summed E-state index contributed by atoms with van der Waals surface area (Å²) in [5, 5.41) is 2.64. The number of amides is 1. The summed E-state index contributed by atoms with van der Waals surface area (Å²) in [6.45, 7) is 3.46. The molecule has 0 heterocycles. The number of esters is 1. The van der Waals surface area contributed by atoms with Gasteiger partial charge in [0.25, 0.3) is 5.91 Å². The van der Waals surface area contributed by atoms with Gasteiger partial charge in [-0.15, -0.1) is 0 Å². The number of hydrogen-bond acceptors (Lipinski definition) is 4. The third-order valence-corrected chi connectivity index (χ3v) is 3.20. The number of carbonyl (C=O) groups excluding carboxylic acids is 2. The van der Waals surface area contributed by atoms with Crippen LogP contribution in [-0.4, -0.2) is 24.5 Å². The fourth-order valence-corrected chi connectivity index (χ4v) is 2.08. The van der Waals surface area contributed by atoms with Crippen molar-refractivity contribution in [1.29, 1.82) is 0 Å². The van der Waals surface area contributed by atoms with Gasteiger partial charge in [-0.2, -0.15) is 0 Å². The minimum Gasteiger partial charge on any atom is -0.488 e. The number of halogens is 1. The van der Waals surface area contributed by atoms with Crippen LogP contribution >= 0.6 is 0 Å². The first-order chi connectivity index (χ1) is 12.0. The Bertz CT molecular complexity index is 728. The fraction of sp³-hybridized carbons (Fsp3) is 0.263. The van der Waals surface area contributed by atoms with Crippen LogP contribution in [0.4, 0.5) is 4.39 Å². The van der Waals surface area contributed by atoms with E-state index in [1.807, 2.05) is 13.8 Å². The highest BCUT2D eigenvalue weighted by molar-refractivity contribution is 5.94. The Morgan fingerprint density at radius 2 is 1.76 bits per heavy atom. The summed E-state index contributed by atoms with van der Waals surface area (Å²) in [6, 6.07) is 12.4. The van der Waals surface area contributed by atoms with Crippen molar-refractivity contribution in [2.45, 2.75) is 26.5 Å². The van der Waals surface area contributed by atoms with Crippen LogP contribution in [0.1, 0.15) is 29.8 Å². The van der Waals surface area contributed by atoms with Gasteiger partial charge in [0.05, 0.1) is 0 Å². The molecule has 0 bridgehead atoms. The zero-order chi connectivity index (χ0) is 18.2. The summed E-state index contributed by atoms with van der Waals surface area (Å²) >= 11 is 0. The number of hydrogen-bond donors (Lipinski definition) is 1. The molecule has 2 aromatic rings. The summed E-state index contributed by atoms with van der Waals surface area (Å²) in [5.74, 6) is -1.00.